The lowest BCUT2D eigenvalue weighted by Crippen LogP contribution is -2.44. The number of nitrogens with zero attached hydrogens (tertiary/aromatic N) is 4. The molecule has 12 N–H and O–H groups in total. The highest BCUT2D eigenvalue weighted by Crippen LogP contribution is 2.47. The zero-order valence-electron chi connectivity index (χ0n) is 43.6. The summed E-state index contributed by atoms with van der Waals surface area (Å²) in [6.45, 7) is 10.7. The van der Waals surface area contributed by atoms with Crippen LogP contribution in [0.15, 0.2) is 72.1 Å². The molecule has 0 aliphatic carbocycles. The fourth-order valence-corrected chi connectivity index (χ4v) is 9.49. The van der Waals surface area contributed by atoms with E-state index in [1.165, 1.54) is 27.1 Å². The fourth-order valence-electron chi connectivity index (χ4n) is 8.85. The topological polar surface area (TPSA) is 395 Å². The Hall–Kier alpha value is -5.14. The molecular weight excluding hydrogens is 1280 g/mol. The van der Waals surface area contributed by atoms with Gasteiger partial charge in [-0.1, -0.05) is 72.3 Å². The lowest BCUT2D eigenvalue weighted by atomic mass is 9.88. The minimum atomic E-state index is -2.43. The van der Waals surface area contributed by atoms with Crippen LogP contribution in [0, 0.1) is 23.5 Å². The first-order valence-electron chi connectivity index (χ1n) is 23.7. The van der Waals surface area contributed by atoms with Gasteiger partial charge in [0.05, 0.1) is 46.8 Å². The van der Waals surface area contributed by atoms with Gasteiger partial charge in [-0.2, -0.15) is 8.78 Å². The first-order valence-corrected chi connectivity index (χ1v) is 25.3. The number of H-pyrrole nitrogens is 4. The molecule has 0 radical (unpaired) electrons. The molecule has 0 bridgehead atoms. The lowest BCUT2D eigenvalue weighted by Gasteiger charge is -2.25. The van der Waals surface area contributed by atoms with Crippen molar-refractivity contribution in [3.8, 4) is 0 Å². The maximum Gasteiger partial charge on any atom is 0.330 e. The Bertz CT molecular complexity index is 2820. The van der Waals surface area contributed by atoms with E-state index >= 15 is 0 Å². The molecule has 494 valence electrons. The molecular formula is C51H87Br2F6N9O17. The van der Waals surface area contributed by atoms with Gasteiger partial charge in [-0.15, -0.1) is 0 Å². The summed E-state index contributed by atoms with van der Waals surface area (Å²) in [5.41, 5.74) is -10.8. The number of nitrogens with two attached hydrogens (primary N) is 1. The number of aromatic nitrogens is 8. The van der Waals surface area contributed by atoms with Crippen LogP contribution in [0.1, 0.15) is 138 Å². The number of aromatic amines is 4. The van der Waals surface area contributed by atoms with Gasteiger partial charge in [-0.3, -0.25) is 57.4 Å². The molecule has 4 saturated heterocycles. The van der Waals surface area contributed by atoms with Gasteiger partial charge in [-0.05, 0) is 79.4 Å². The van der Waals surface area contributed by atoms with Crippen molar-refractivity contribution in [1.82, 2.24) is 38.2 Å². The molecule has 8 rings (SSSR count). The minimum Gasteiger partial charge on any atom is -0.412 e. The van der Waals surface area contributed by atoms with E-state index < -0.39 is 148 Å². The molecule has 4 aromatic rings. The van der Waals surface area contributed by atoms with Crippen LogP contribution in [0.4, 0.5) is 26.3 Å². The van der Waals surface area contributed by atoms with Crippen LogP contribution >= 0.6 is 31.9 Å². The third kappa shape index (κ3) is 17.6. The van der Waals surface area contributed by atoms with Crippen molar-refractivity contribution in [2.75, 3.05) is 20.3 Å². The number of halogens is 8. The zero-order valence-corrected chi connectivity index (χ0v) is 46.8. The van der Waals surface area contributed by atoms with E-state index in [1.807, 2.05) is 18.8 Å². The first-order chi connectivity index (χ1) is 36.1. The number of rotatable bonds is 8. The standard InChI is InChI=1S/C12H16BrFN2O3.C12H16F2N2O3.C10H12BrFN2O5.C10H12F2N2O5.CH5N.6CH4.H2O/c2*1-4-8-6(2)12(3,14)10(19-8)16-5-7(13)9(17)15-11(16)18;2*1-10(12)6(16)5(3-15)19-8(10)14-2-4(11)7(17)13-9(14)18;1-2;;;;;;;/h2*5-6,8,10H,4H2,1-3H3,(H,15,17,18);2*2,5-6,8,15-16H,3H2,1H3,(H,13,17,18);2H2,1H3;6*1H4;1H2/t2*6-,8-,10-,12-;2*5-,6-,8-,10-;;;;;;;;/m1111......../s1. The Morgan fingerprint density at radius 3 is 0.929 bits per heavy atom. The summed E-state index contributed by atoms with van der Waals surface area (Å²) < 4.78 is 109. The van der Waals surface area contributed by atoms with Gasteiger partial charge in [0.2, 0.25) is 11.6 Å². The predicted octanol–water partition coefficient (Wildman–Crippen LogP) is 3.82. The van der Waals surface area contributed by atoms with Gasteiger partial charge in [0.1, 0.15) is 24.4 Å². The Balaban J connectivity index is -0.000000496. The van der Waals surface area contributed by atoms with E-state index in [9.17, 15) is 74.9 Å². The summed E-state index contributed by atoms with van der Waals surface area (Å²) in [5, 5.41) is 37.3. The number of aliphatic hydroxyl groups is 4. The number of nitrogens with one attached hydrogen (secondary N) is 4. The van der Waals surface area contributed by atoms with Gasteiger partial charge in [0, 0.05) is 24.2 Å². The second-order valence-electron chi connectivity index (χ2n) is 18.9. The molecule has 85 heavy (non-hydrogen) atoms. The highest BCUT2D eigenvalue weighted by molar-refractivity contribution is 9.10. The van der Waals surface area contributed by atoms with E-state index in [0.717, 1.165) is 33.7 Å². The average molecular weight is 1370 g/mol. The van der Waals surface area contributed by atoms with Crippen molar-refractivity contribution in [3.05, 3.63) is 129 Å². The van der Waals surface area contributed by atoms with Crippen LogP contribution in [0.2, 0.25) is 0 Å². The molecule has 0 saturated carbocycles. The van der Waals surface area contributed by atoms with E-state index in [-0.39, 0.29) is 77.1 Å². The summed E-state index contributed by atoms with van der Waals surface area (Å²) in [4.78, 5) is 98.6. The normalized spacial score (nSPS) is 31.1. The Labute approximate surface area is 502 Å². The van der Waals surface area contributed by atoms with Crippen LogP contribution in [0.25, 0.3) is 0 Å². The van der Waals surface area contributed by atoms with Crippen LogP contribution < -0.4 is 50.7 Å². The maximum absolute atomic E-state index is 14.8. The number of hydrogen-bond acceptors (Lipinski definition) is 17. The predicted molar refractivity (Wildman–Crippen MR) is 314 cm³/mol. The summed E-state index contributed by atoms with van der Waals surface area (Å²) in [5.74, 6) is -3.21. The van der Waals surface area contributed by atoms with E-state index in [4.69, 9.17) is 29.2 Å². The second kappa shape index (κ2) is 33.8. The Kier molecular flexibility index (Phi) is 34.4. The number of alkyl halides is 4. The number of hydrogen-bond donors (Lipinski definition) is 9. The average Bonchev–Trinajstić information content (AvgIpc) is 4.13. The smallest absolute Gasteiger partial charge is 0.330 e. The summed E-state index contributed by atoms with van der Waals surface area (Å²) in [6, 6.07) is 0. The molecule has 26 nitrogen and oxygen atoms in total. The molecule has 8 heterocycles. The van der Waals surface area contributed by atoms with Crippen LogP contribution in [0.5, 0.6) is 0 Å². The zero-order chi connectivity index (χ0) is 59.5. The molecule has 4 fully saturated rings. The van der Waals surface area contributed by atoms with E-state index in [0.29, 0.717) is 29.8 Å². The largest absolute Gasteiger partial charge is 0.412 e. The van der Waals surface area contributed by atoms with Crippen molar-refractivity contribution in [3.63, 3.8) is 0 Å². The van der Waals surface area contributed by atoms with Gasteiger partial charge < -0.3 is 50.6 Å². The Morgan fingerprint density at radius 1 is 0.482 bits per heavy atom. The summed E-state index contributed by atoms with van der Waals surface area (Å²) >= 11 is 5.95. The molecule has 4 aliphatic heterocycles. The van der Waals surface area contributed by atoms with Gasteiger partial charge >= 0.3 is 22.8 Å². The van der Waals surface area contributed by atoms with E-state index in [1.54, 1.807) is 23.8 Å². The van der Waals surface area contributed by atoms with Crippen molar-refractivity contribution < 1.29 is 71.2 Å². The molecule has 34 heteroatoms. The summed E-state index contributed by atoms with van der Waals surface area (Å²) in [7, 11) is 1.50. The number of aliphatic hydroxyl groups excluding tert-OH is 4. The summed E-state index contributed by atoms with van der Waals surface area (Å²) in [6.07, 6.45) is -6.87. The quantitative estimate of drug-likeness (QED) is 0.113. The molecule has 0 aromatic carbocycles. The molecule has 0 spiro atoms. The van der Waals surface area contributed by atoms with Crippen molar-refractivity contribution >= 4 is 31.9 Å². The molecule has 0 unspecified atom stereocenters. The molecule has 0 amide bonds. The molecule has 4 aliphatic rings. The van der Waals surface area contributed by atoms with Crippen LogP contribution in [-0.4, -0.2) is 144 Å². The molecule has 16 atom stereocenters. The maximum atomic E-state index is 14.8. The lowest BCUT2D eigenvalue weighted by molar-refractivity contribution is -0.0616. The second-order valence-corrected chi connectivity index (χ2v) is 20.6. The molecule has 4 aromatic heterocycles. The van der Waals surface area contributed by atoms with Crippen molar-refractivity contribution in [1.29, 1.82) is 0 Å². The third-order valence-corrected chi connectivity index (χ3v) is 14.9. The first kappa shape index (κ1) is 86.3. The van der Waals surface area contributed by atoms with Crippen molar-refractivity contribution in [2.24, 2.45) is 17.6 Å². The fraction of sp³-hybridized carbons (Fsp3) is 0.686. The number of ether oxygens (including phenoxy) is 4. The highest BCUT2D eigenvalue weighted by Gasteiger charge is 2.57. The van der Waals surface area contributed by atoms with Crippen molar-refractivity contribution in [2.45, 2.75) is 197 Å². The van der Waals surface area contributed by atoms with Crippen LogP contribution in [0.3, 0.4) is 0 Å². The van der Waals surface area contributed by atoms with Crippen LogP contribution in [-0.2, 0) is 18.9 Å². The Morgan fingerprint density at radius 2 is 0.706 bits per heavy atom. The monoisotopic (exact) mass is 1370 g/mol. The van der Waals surface area contributed by atoms with E-state index in [2.05, 4.69) is 42.6 Å². The van der Waals surface area contributed by atoms with Gasteiger partial charge in [0.15, 0.2) is 47.6 Å². The minimum absolute atomic E-state index is 0. The third-order valence-electron chi connectivity index (χ3n) is 13.8. The SMILES string of the molecule is C.C.C.C.C.C.CC[C@H]1O[C@@H](n2cc(Br)c(=O)[nH]c2=O)[C@](C)(F)[C@@H]1C.CC[C@H]1O[C@@H](n2cc(F)c(=O)[nH]c2=O)[C@](C)(F)[C@@H]1C.CN.C[C@@]1(F)[C@H](O)[C@@H](CO)O[C@H]1n1cc(Br)c(=O)[nH]c1=O.C[C@@]1(F)[C@H](O)[C@@H](CO)O[C@H]1n1cc(F)c(=O)[nH]c1=O.O. The van der Waals surface area contributed by atoms with Gasteiger partial charge in [-0.25, -0.2) is 36.7 Å². The van der Waals surface area contributed by atoms with Gasteiger partial charge in [0.25, 0.3) is 22.2 Å². The highest BCUT2D eigenvalue weighted by atomic mass is 79.9.